The number of ether oxygens (including phenoxy) is 1. The fourth-order valence-electron chi connectivity index (χ4n) is 1.66. The lowest BCUT2D eigenvalue weighted by atomic mass is 10.3. The van der Waals surface area contributed by atoms with E-state index in [-0.39, 0.29) is 0 Å². The molecule has 2 nitrogen and oxygen atoms in total. The molecule has 0 aromatic rings. The van der Waals surface area contributed by atoms with Gasteiger partial charge in [0.25, 0.3) is 0 Å². The first-order valence-corrected chi connectivity index (χ1v) is 5.16. The lowest BCUT2D eigenvalue weighted by Gasteiger charge is -2.19. The average molecular weight is 171 g/mol. The minimum atomic E-state index is 0.418. The van der Waals surface area contributed by atoms with Gasteiger partial charge in [-0.1, -0.05) is 19.8 Å². The summed E-state index contributed by atoms with van der Waals surface area (Å²) in [5, 5.41) is 0. The zero-order valence-corrected chi connectivity index (χ0v) is 8.38. The molecular formula is C10H21NO. The Kier molecular flexibility index (Phi) is 4.62. The summed E-state index contributed by atoms with van der Waals surface area (Å²) < 4.78 is 5.74. The van der Waals surface area contributed by atoms with Crippen LogP contribution in [0.5, 0.6) is 0 Å². The van der Waals surface area contributed by atoms with Gasteiger partial charge in [-0.05, 0) is 26.3 Å². The summed E-state index contributed by atoms with van der Waals surface area (Å²) in [6.45, 7) is 4.38. The summed E-state index contributed by atoms with van der Waals surface area (Å²) in [7, 11) is 2.15. The van der Waals surface area contributed by atoms with Gasteiger partial charge < -0.3 is 4.74 Å². The molecule has 1 atom stereocenters. The molecule has 0 bridgehead atoms. The molecule has 0 saturated carbocycles. The van der Waals surface area contributed by atoms with Gasteiger partial charge in [0.1, 0.15) is 6.23 Å². The first-order chi connectivity index (χ1) is 5.84. The first-order valence-electron chi connectivity index (χ1n) is 5.16. The minimum absolute atomic E-state index is 0.418. The van der Waals surface area contributed by atoms with E-state index in [0.717, 1.165) is 6.61 Å². The zero-order chi connectivity index (χ0) is 8.81. The van der Waals surface area contributed by atoms with Crippen LogP contribution in [0, 0.1) is 0 Å². The summed E-state index contributed by atoms with van der Waals surface area (Å²) in [4.78, 5) is 2.31. The molecule has 1 fully saturated rings. The highest BCUT2D eigenvalue weighted by Gasteiger charge is 2.20. The summed E-state index contributed by atoms with van der Waals surface area (Å²) in [6.07, 6.45) is 6.75. The molecule has 0 N–H and O–H groups in total. The Labute approximate surface area is 75.9 Å². The van der Waals surface area contributed by atoms with E-state index in [1.54, 1.807) is 0 Å². The van der Waals surface area contributed by atoms with E-state index in [9.17, 15) is 0 Å². The van der Waals surface area contributed by atoms with Crippen LogP contribution in [0.3, 0.4) is 0 Å². The lowest BCUT2D eigenvalue weighted by molar-refractivity contribution is -0.0248. The van der Waals surface area contributed by atoms with Crippen molar-refractivity contribution in [1.29, 1.82) is 0 Å². The van der Waals surface area contributed by atoms with Crippen molar-refractivity contribution in [3.8, 4) is 0 Å². The van der Waals surface area contributed by atoms with Crippen LogP contribution in [0.1, 0.15) is 39.0 Å². The van der Waals surface area contributed by atoms with E-state index in [2.05, 4.69) is 18.9 Å². The summed E-state index contributed by atoms with van der Waals surface area (Å²) in [6, 6.07) is 0. The Morgan fingerprint density at radius 2 is 2.25 bits per heavy atom. The molecule has 0 aromatic heterocycles. The number of rotatable bonds is 5. The third-order valence-electron chi connectivity index (χ3n) is 2.51. The molecule has 0 aliphatic carbocycles. The number of likely N-dealkylation sites (tertiary alicyclic amines) is 1. The highest BCUT2D eigenvalue weighted by Crippen LogP contribution is 2.15. The lowest BCUT2D eigenvalue weighted by Crippen LogP contribution is -2.27. The normalized spacial score (nSPS) is 25.0. The molecule has 72 valence electrons. The minimum Gasteiger partial charge on any atom is -0.363 e. The first kappa shape index (κ1) is 10.0. The average Bonchev–Trinajstić information content (AvgIpc) is 2.46. The van der Waals surface area contributed by atoms with Gasteiger partial charge in [0.15, 0.2) is 0 Å². The van der Waals surface area contributed by atoms with E-state index < -0.39 is 0 Å². The van der Waals surface area contributed by atoms with Crippen molar-refractivity contribution in [2.45, 2.75) is 45.3 Å². The molecule has 0 spiro atoms. The Hall–Kier alpha value is -0.0800. The van der Waals surface area contributed by atoms with Crippen LogP contribution in [-0.4, -0.2) is 31.3 Å². The predicted octanol–water partition coefficient (Wildman–Crippen LogP) is 2.24. The molecule has 2 heteroatoms. The number of nitrogens with zero attached hydrogens (tertiary/aromatic N) is 1. The second-order valence-corrected chi connectivity index (χ2v) is 3.66. The smallest absolute Gasteiger partial charge is 0.110 e. The monoisotopic (exact) mass is 171 g/mol. The second-order valence-electron chi connectivity index (χ2n) is 3.66. The third-order valence-corrected chi connectivity index (χ3v) is 2.51. The van der Waals surface area contributed by atoms with Crippen LogP contribution < -0.4 is 0 Å². The number of hydrogen-bond acceptors (Lipinski definition) is 2. The predicted molar refractivity (Wildman–Crippen MR) is 51.1 cm³/mol. The molecule has 1 aliphatic heterocycles. The van der Waals surface area contributed by atoms with Gasteiger partial charge >= 0.3 is 0 Å². The largest absolute Gasteiger partial charge is 0.363 e. The van der Waals surface area contributed by atoms with Crippen molar-refractivity contribution in [3.05, 3.63) is 0 Å². The molecule has 1 heterocycles. The van der Waals surface area contributed by atoms with E-state index in [4.69, 9.17) is 4.74 Å². The standard InChI is InChI=1S/C10H21NO/c1-3-4-5-9-12-10-7-6-8-11(10)2/h10H,3-9H2,1-2H3. The summed E-state index contributed by atoms with van der Waals surface area (Å²) >= 11 is 0. The van der Waals surface area contributed by atoms with Crippen molar-refractivity contribution < 1.29 is 4.74 Å². The summed E-state index contributed by atoms with van der Waals surface area (Å²) in [5.41, 5.74) is 0. The third kappa shape index (κ3) is 3.11. The maximum absolute atomic E-state index is 5.74. The van der Waals surface area contributed by atoms with Crippen LogP contribution in [0.15, 0.2) is 0 Å². The van der Waals surface area contributed by atoms with Crippen LogP contribution in [-0.2, 0) is 4.74 Å². The topological polar surface area (TPSA) is 12.5 Å². The molecular weight excluding hydrogens is 150 g/mol. The van der Waals surface area contributed by atoms with Crippen LogP contribution in [0.2, 0.25) is 0 Å². The molecule has 1 aliphatic rings. The quantitative estimate of drug-likeness (QED) is 0.588. The van der Waals surface area contributed by atoms with E-state index >= 15 is 0 Å². The van der Waals surface area contributed by atoms with Crippen molar-refractivity contribution in [2.75, 3.05) is 20.2 Å². The van der Waals surface area contributed by atoms with Crippen LogP contribution >= 0.6 is 0 Å². The van der Waals surface area contributed by atoms with Gasteiger partial charge in [0.2, 0.25) is 0 Å². The Morgan fingerprint density at radius 3 is 2.83 bits per heavy atom. The molecule has 0 amide bonds. The molecule has 1 rings (SSSR count). The SMILES string of the molecule is CCCCCOC1CCCN1C. The molecule has 0 aromatic carbocycles. The highest BCUT2D eigenvalue weighted by atomic mass is 16.5. The zero-order valence-electron chi connectivity index (χ0n) is 8.38. The Balaban J connectivity index is 1.98. The molecule has 0 radical (unpaired) electrons. The number of hydrogen-bond donors (Lipinski definition) is 0. The van der Waals surface area contributed by atoms with Gasteiger partial charge in [-0.25, -0.2) is 0 Å². The van der Waals surface area contributed by atoms with Crippen molar-refractivity contribution in [2.24, 2.45) is 0 Å². The van der Waals surface area contributed by atoms with E-state index in [1.165, 1.54) is 38.6 Å². The van der Waals surface area contributed by atoms with Gasteiger partial charge in [0.05, 0.1) is 0 Å². The Morgan fingerprint density at radius 1 is 1.42 bits per heavy atom. The number of unbranched alkanes of at least 4 members (excludes halogenated alkanes) is 2. The summed E-state index contributed by atoms with van der Waals surface area (Å²) in [5.74, 6) is 0. The second kappa shape index (κ2) is 5.55. The Bertz CT molecular complexity index is 116. The van der Waals surface area contributed by atoms with E-state index in [0.29, 0.717) is 6.23 Å². The van der Waals surface area contributed by atoms with Crippen molar-refractivity contribution in [1.82, 2.24) is 4.90 Å². The van der Waals surface area contributed by atoms with Gasteiger partial charge in [0, 0.05) is 13.2 Å². The molecule has 1 unspecified atom stereocenters. The molecule has 12 heavy (non-hydrogen) atoms. The van der Waals surface area contributed by atoms with Gasteiger partial charge in [-0.15, -0.1) is 0 Å². The van der Waals surface area contributed by atoms with Gasteiger partial charge in [-0.2, -0.15) is 0 Å². The maximum atomic E-state index is 5.74. The molecule has 1 saturated heterocycles. The fraction of sp³-hybridized carbons (Fsp3) is 1.00. The van der Waals surface area contributed by atoms with E-state index in [1.807, 2.05) is 0 Å². The highest BCUT2D eigenvalue weighted by molar-refractivity contribution is 4.67. The van der Waals surface area contributed by atoms with Crippen molar-refractivity contribution in [3.63, 3.8) is 0 Å². The van der Waals surface area contributed by atoms with Crippen molar-refractivity contribution >= 4 is 0 Å². The fourth-order valence-corrected chi connectivity index (χ4v) is 1.66. The maximum Gasteiger partial charge on any atom is 0.110 e. The van der Waals surface area contributed by atoms with Crippen LogP contribution in [0.25, 0.3) is 0 Å². The van der Waals surface area contributed by atoms with Gasteiger partial charge in [-0.3, -0.25) is 4.90 Å². The van der Waals surface area contributed by atoms with Crippen LogP contribution in [0.4, 0.5) is 0 Å².